The van der Waals surface area contributed by atoms with Gasteiger partial charge in [-0.3, -0.25) is 10.1 Å². The summed E-state index contributed by atoms with van der Waals surface area (Å²) in [4.78, 5) is 17.9. The Bertz CT molecular complexity index is 638. The summed E-state index contributed by atoms with van der Waals surface area (Å²) in [5, 5.41) is 19.3. The smallest absolute Gasteiger partial charge is 0.263 e. The first kappa shape index (κ1) is 11.2. The quantitative estimate of drug-likeness (QED) is 0.599. The van der Waals surface area contributed by atoms with Gasteiger partial charge in [0.1, 0.15) is 0 Å². The fourth-order valence-electron chi connectivity index (χ4n) is 1.37. The number of nitrogens with zero attached hydrogens (tertiary/aromatic N) is 4. The van der Waals surface area contributed by atoms with E-state index in [1.54, 1.807) is 24.3 Å². The van der Waals surface area contributed by atoms with Crippen LogP contribution in [0.4, 0.5) is 0 Å². The molecule has 1 unspecified atom stereocenters. The molecule has 84 valence electrons. The molecule has 17 heavy (non-hydrogen) atoms. The highest BCUT2D eigenvalue weighted by Crippen LogP contribution is 2.23. The molecule has 0 saturated heterocycles. The Morgan fingerprint density at radius 1 is 1.35 bits per heavy atom. The van der Waals surface area contributed by atoms with Crippen LogP contribution in [0.1, 0.15) is 11.7 Å². The van der Waals surface area contributed by atoms with E-state index in [4.69, 9.17) is 16.9 Å². The molecular weight excluding hydrogens is 244 g/mol. The first-order valence-electron chi connectivity index (χ1n) is 4.59. The molecule has 1 atom stereocenters. The van der Waals surface area contributed by atoms with Crippen molar-refractivity contribution in [2.24, 2.45) is 0 Å². The summed E-state index contributed by atoms with van der Waals surface area (Å²) in [6, 6.07) is 6.75. The summed E-state index contributed by atoms with van der Waals surface area (Å²) < 4.78 is 0. The average molecular weight is 249 g/mol. The van der Waals surface area contributed by atoms with Crippen LogP contribution in [0, 0.1) is 21.4 Å². The topological polar surface area (TPSA) is 92.7 Å². The van der Waals surface area contributed by atoms with Gasteiger partial charge in [-0.2, -0.15) is 5.26 Å². The monoisotopic (exact) mass is 248 g/mol. The molecular formula is C10H5ClN4O2. The molecule has 0 aliphatic rings. The highest BCUT2D eigenvalue weighted by Gasteiger charge is 2.27. The van der Waals surface area contributed by atoms with Crippen LogP contribution in [0.2, 0.25) is 5.15 Å². The number of fused-ring (bicyclic) bond motifs is 1. The maximum Gasteiger partial charge on any atom is 0.341 e. The van der Waals surface area contributed by atoms with Crippen LogP contribution in [0.5, 0.6) is 0 Å². The molecule has 0 amide bonds. The molecule has 2 aromatic rings. The number of hydrogen-bond donors (Lipinski definition) is 0. The van der Waals surface area contributed by atoms with Gasteiger partial charge in [0, 0.05) is 4.92 Å². The molecule has 1 aromatic heterocycles. The molecule has 0 aliphatic heterocycles. The van der Waals surface area contributed by atoms with E-state index in [1.165, 1.54) is 6.07 Å². The van der Waals surface area contributed by atoms with Gasteiger partial charge in [0.15, 0.2) is 16.9 Å². The van der Waals surface area contributed by atoms with Crippen molar-refractivity contribution in [2.75, 3.05) is 0 Å². The summed E-state index contributed by atoms with van der Waals surface area (Å²) in [7, 11) is 0. The van der Waals surface area contributed by atoms with E-state index in [1.807, 2.05) is 0 Å². The second-order valence-electron chi connectivity index (χ2n) is 3.21. The lowest BCUT2D eigenvalue weighted by atomic mass is 10.2. The zero-order chi connectivity index (χ0) is 12.4. The van der Waals surface area contributed by atoms with Crippen LogP contribution in [0.15, 0.2) is 24.3 Å². The minimum absolute atomic E-state index is 0.119. The first-order chi connectivity index (χ1) is 8.13. The van der Waals surface area contributed by atoms with Gasteiger partial charge in [0.05, 0.1) is 11.0 Å². The van der Waals surface area contributed by atoms with Crippen LogP contribution in [0.25, 0.3) is 11.0 Å². The predicted molar refractivity (Wildman–Crippen MR) is 59.9 cm³/mol. The third-order valence-corrected chi connectivity index (χ3v) is 2.42. The van der Waals surface area contributed by atoms with E-state index in [9.17, 15) is 10.1 Å². The van der Waals surface area contributed by atoms with Crippen molar-refractivity contribution in [2.45, 2.75) is 6.04 Å². The lowest BCUT2D eigenvalue weighted by Crippen LogP contribution is -2.11. The van der Waals surface area contributed by atoms with Crippen LogP contribution < -0.4 is 0 Å². The Kier molecular flexibility index (Phi) is 2.85. The number of hydrogen-bond acceptors (Lipinski definition) is 5. The van der Waals surface area contributed by atoms with Gasteiger partial charge < -0.3 is 0 Å². The fourth-order valence-corrected chi connectivity index (χ4v) is 1.61. The maximum absolute atomic E-state index is 10.7. The molecule has 0 N–H and O–H groups in total. The molecule has 0 aliphatic carbocycles. The van der Waals surface area contributed by atoms with Crippen LogP contribution in [-0.4, -0.2) is 14.9 Å². The number of rotatable bonds is 2. The number of aromatic nitrogens is 2. The molecule has 6 nitrogen and oxygen atoms in total. The van der Waals surface area contributed by atoms with Crippen LogP contribution >= 0.6 is 11.6 Å². The summed E-state index contributed by atoms with van der Waals surface area (Å²) in [5.74, 6) is 0. The Morgan fingerprint density at radius 3 is 2.47 bits per heavy atom. The van der Waals surface area contributed by atoms with Gasteiger partial charge in [0.25, 0.3) is 0 Å². The Balaban J connectivity index is 2.66. The van der Waals surface area contributed by atoms with Crippen molar-refractivity contribution in [3.8, 4) is 6.07 Å². The lowest BCUT2D eigenvalue weighted by molar-refractivity contribution is -0.513. The van der Waals surface area contributed by atoms with Gasteiger partial charge >= 0.3 is 6.04 Å². The Hall–Kier alpha value is -2.26. The largest absolute Gasteiger partial charge is 0.341 e. The first-order valence-corrected chi connectivity index (χ1v) is 4.96. The highest BCUT2D eigenvalue weighted by molar-refractivity contribution is 6.30. The van der Waals surface area contributed by atoms with Crippen LogP contribution in [-0.2, 0) is 0 Å². The van der Waals surface area contributed by atoms with E-state index in [0.717, 1.165) is 0 Å². The third kappa shape index (κ3) is 2.00. The van der Waals surface area contributed by atoms with Crippen molar-refractivity contribution < 1.29 is 4.92 Å². The fraction of sp³-hybridized carbons (Fsp3) is 0.100. The number of nitriles is 1. The molecule has 0 fully saturated rings. The van der Waals surface area contributed by atoms with Crippen molar-refractivity contribution in [1.29, 1.82) is 5.26 Å². The Morgan fingerprint density at radius 2 is 1.94 bits per heavy atom. The minimum atomic E-state index is -1.60. The highest BCUT2D eigenvalue weighted by atomic mass is 35.5. The standard InChI is InChI=1S/C10H5ClN4O2/c11-10-9(8(5-12)15(16)17)13-6-3-1-2-4-7(6)14-10/h1-4,8H. The molecule has 0 bridgehead atoms. The zero-order valence-corrected chi connectivity index (χ0v) is 9.13. The van der Waals surface area contributed by atoms with Crippen LogP contribution in [0.3, 0.4) is 0 Å². The van der Waals surface area contributed by atoms with Crippen molar-refractivity contribution in [3.05, 3.63) is 45.2 Å². The molecule has 1 heterocycles. The maximum atomic E-state index is 10.7. The number of para-hydroxylation sites is 2. The SMILES string of the molecule is N#CC(c1nc2ccccc2nc1Cl)[N+](=O)[O-]. The van der Waals surface area contributed by atoms with Gasteiger partial charge in [-0.25, -0.2) is 9.97 Å². The summed E-state index contributed by atoms with van der Waals surface area (Å²) in [6.45, 7) is 0. The number of benzene rings is 1. The molecule has 0 spiro atoms. The molecule has 0 radical (unpaired) electrons. The lowest BCUT2D eigenvalue weighted by Gasteiger charge is -2.04. The van der Waals surface area contributed by atoms with E-state index in [-0.39, 0.29) is 10.8 Å². The van der Waals surface area contributed by atoms with E-state index in [0.29, 0.717) is 11.0 Å². The van der Waals surface area contributed by atoms with Crippen molar-refractivity contribution in [3.63, 3.8) is 0 Å². The minimum Gasteiger partial charge on any atom is -0.263 e. The number of halogens is 1. The second kappa shape index (κ2) is 4.31. The van der Waals surface area contributed by atoms with E-state index in [2.05, 4.69) is 9.97 Å². The van der Waals surface area contributed by atoms with E-state index < -0.39 is 11.0 Å². The van der Waals surface area contributed by atoms with Gasteiger partial charge in [-0.15, -0.1) is 0 Å². The summed E-state index contributed by atoms with van der Waals surface area (Å²) in [6.07, 6.45) is 0. The Labute approximate surface area is 101 Å². The number of nitro groups is 1. The molecule has 1 aromatic carbocycles. The van der Waals surface area contributed by atoms with E-state index >= 15 is 0 Å². The zero-order valence-electron chi connectivity index (χ0n) is 8.37. The molecule has 7 heteroatoms. The predicted octanol–water partition coefficient (Wildman–Crippen LogP) is 2.12. The summed E-state index contributed by atoms with van der Waals surface area (Å²) in [5.41, 5.74) is 0.869. The second-order valence-corrected chi connectivity index (χ2v) is 3.56. The normalized spacial score (nSPS) is 12.0. The van der Waals surface area contributed by atoms with Gasteiger partial charge in [-0.05, 0) is 12.1 Å². The molecule has 2 rings (SSSR count). The summed E-state index contributed by atoms with van der Waals surface area (Å²) >= 11 is 5.79. The third-order valence-electron chi connectivity index (χ3n) is 2.14. The van der Waals surface area contributed by atoms with Crippen molar-refractivity contribution >= 4 is 22.6 Å². The van der Waals surface area contributed by atoms with Gasteiger partial charge in [-0.1, -0.05) is 23.7 Å². The molecule has 0 saturated carbocycles. The van der Waals surface area contributed by atoms with Crippen molar-refractivity contribution in [1.82, 2.24) is 9.97 Å². The van der Waals surface area contributed by atoms with Gasteiger partial charge in [0.2, 0.25) is 0 Å². The average Bonchev–Trinajstić information content (AvgIpc) is 2.30.